The fraction of sp³-hybridized carbons (Fsp3) is 0.929. The van der Waals surface area contributed by atoms with Crippen LogP contribution in [0.4, 0.5) is 0 Å². The quantitative estimate of drug-likeness (QED) is 0.702. The van der Waals surface area contributed by atoms with Crippen molar-refractivity contribution in [3.05, 3.63) is 0 Å². The van der Waals surface area contributed by atoms with E-state index in [4.69, 9.17) is 9.47 Å². The van der Waals surface area contributed by atoms with Crippen LogP contribution in [0.3, 0.4) is 0 Å². The molecule has 5 heteroatoms. The number of carbonyl (C=O) groups excluding carboxylic acids is 1. The lowest BCUT2D eigenvalue weighted by Gasteiger charge is -2.26. The van der Waals surface area contributed by atoms with Crippen LogP contribution in [0.5, 0.6) is 0 Å². The summed E-state index contributed by atoms with van der Waals surface area (Å²) in [5.74, 6) is -0.165. The Kier molecular flexibility index (Phi) is 6.75. The molecule has 0 aromatic rings. The van der Waals surface area contributed by atoms with Crippen molar-refractivity contribution >= 4 is 5.97 Å². The normalized spacial score (nSPS) is 19.9. The molecule has 1 rings (SSSR count). The molecule has 1 fully saturated rings. The number of ether oxygens (including phenoxy) is 2. The maximum Gasteiger partial charge on any atom is 0.320 e. The lowest BCUT2D eigenvalue weighted by atomic mass is 10.2. The summed E-state index contributed by atoms with van der Waals surface area (Å²) in [4.78, 5) is 14.0. The minimum absolute atomic E-state index is 0.165. The van der Waals surface area contributed by atoms with Crippen molar-refractivity contribution in [3.8, 4) is 0 Å². The Morgan fingerprint density at radius 2 is 2.16 bits per heavy atom. The van der Waals surface area contributed by atoms with Gasteiger partial charge in [-0.05, 0) is 40.2 Å². The van der Waals surface area contributed by atoms with Crippen molar-refractivity contribution in [1.29, 1.82) is 0 Å². The average molecular weight is 272 g/mol. The molecule has 19 heavy (non-hydrogen) atoms. The van der Waals surface area contributed by atoms with Gasteiger partial charge < -0.3 is 14.8 Å². The Morgan fingerprint density at radius 1 is 1.42 bits per heavy atom. The lowest BCUT2D eigenvalue weighted by molar-refractivity contribution is -0.156. The van der Waals surface area contributed by atoms with Gasteiger partial charge in [0.05, 0.1) is 13.2 Å². The summed E-state index contributed by atoms with van der Waals surface area (Å²) in [6.07, 6.45) is 2.40. The molecule has 0 amide bonds. The molecule has 5 nitrogen and oxygen atoms in total. The molecule has 0 spiro atoms. The molecule has 1 N–H and O–H groups in total. The zero-order valence-electron chi connectivity index (χ0n) is 12.7. The summed E-state index contributed by atoms with van der Waals surface area (Å²) < 4.78 is 10.5. The van der Waals surface area contributed by atoms with Gasteiger partial charge in [-0.15, -0.1) is 0 Å². The molecule has 0 aromatic carbocycles. The molecule has 1 atom stereocenters. The molecule has 0 radical (unpaired) electrons. The summed E-state index contributed by atoms with van der Waals surface area (Å²) in [6.45, 7) is 9.36. The second kappa shape index (κ2) is 7.82. The smallest absolute Gasteiger partial charge is 0.320 e. The minimum Gasteiger partial charge on any atom is -0.459 e. The van der Waals surface area contributed by atoms with Crippen LogP contribution in [0.15, 0.2) is 0 Å². The van der Waals surface area contributed by atoms with Crippen LogP contribution in [0.2, 0.25) is 0 Å². The molecule has 0 aliphatic carbocycles. The number of hydrogen-bond acceptors (Lipinski definition) is 5. The number of methoxy groups -OCH3 is 1. The van der Waals surface area contributed by atoms with Crippen molar-refractivity contribution < 1.29 is 14.3 Å². The van der Waals surface area contributed by atoms with Crippen molar-refractivity contribution in [1.82, 2.24) is 10.2 Å². The highest BCUT2D eigenvalue weighted by Gasteiger charge is 2.22. The first-order valence-electron chi connectivity index (χ1n) is 7.07. The van der Waals surface area contributed by atoms with Crippen LogP contribution in [0.25, 0.3) is 0 Å². The Bertz CT molecular complexity index is 270. The van der Waals surface area contributed by atoms with E-state index in [1.54, 1.807) is 7.11 Å². The van der Waals surface area contributed by atoms with Gasteiger partial charge in [0, 0.05) is 26.2 Å². The molecule has 0 bridgehead atoms. The first kappa shape index (κ1) is 16.4. The first-order chi connectivity index (χ1) is 8.90. The molecule has 1 unspecified atom stereocenters. The van der Waals surface area contributed by atoms with Gasteiger partial charge in [-0.2, -0.15) is 0 Å². The largest absolute Gasteiger partial charge is 0.459 e. The topological polar surface area (TPSA) is 50.8 Å². The van der Waals surface area contributed by atoms with Gasteiger partial charge in [0.25, 0.3) is 0 Å². The summed E-state index contributed by atoms with van der Waals surface area (Å²) in [6, 6.07) is 0.485. The molecular formula is C14H28N2O3. The first-order valence-corrected chi connectivity index (χ1v) is 7.07. The van der Waals surface area contributed by atoms with E-state index in [9.17, 15) is 4.79 Å². The summed E-state index contributed by atoms with van der Waals surface area (Å²) >= 11 is 0. The van der Waals surface area contributed by atoms with Crippen LogP contribution >= 0.6 is 0 Å². The SMILES string of the molecule is COCCN(CC(=O)OC(C)(C)C)CC1CCCN1. The molecule has 1 aliphatic rings. The van der Waals surface area contributed by atoms with Crippen molar-refractivity contribution in [2.75, 3.05) is 39.9 Å². The third kappa shape index (κ3) is 7.50. The predicted molar refractivity (Wildman–Crippen MR) is 75.2 cm³/mol. The zero-order chi connectivity index (χ0) is 14.3. The minimum atomic E-state index is -0.421. The molecule has 0 saturated carbocycles. The van der Waals surface area contributed by atoms with Gasteiger partial charge in [0.15, 0.2) is 0 Å². The molecule has 112 valence electrons. The van der Waals surface area contributed by atoms with Crippen molar-refractivity contribution in [2.24, 2.45) is 0 Å². The number of nitrogens with zero attached hydrogens (tertiary/aromatic N) is 1. The monoisotopic (exact) mass is 272 g/mol. The molecular weight excluding hydrogens is 244 g/mol. The third-order valence-corrected chi connectivity index (χ3v) is 3.03. The van der Waals surface area contributed by atoms with E-state index >= 15 is 0 Å². The highest BCUT2D eigenvalue weighted by Crippen LogP contribution is 2.10. The van der Waals surface area contributed by atoms with Gasteiger partial charge in [-0.1, -0.05) is 0 Å². The molecule has 1 saturated heterocycles. The van der Waals surface area contributed by atoms with Gasteiger partial charge in [0.2, 0.25) is 0 Å². The summed E-state index contributed by atoms with van der Waals surface area (Å²) in [5, 5.41) is 3.45. The number of hydrogen-bond donors (Lipinski definition) is 1. The van der Waals surface area contributed by atoms with Crippen LogP contribution in [0.1, 0.15) is 33.6 Å². The van der Waals surface area contributed by atoms with E-state index in [-0.39, 0.29) is 5.97 Å². The van der Waals surface area contributed by atoms with Gasteiger partial charge in [0.1, 0.15) is 5.60 Å². The maximum absolute atomic E-state index is 11.9. The Balaban J connectivity index is 2.41. The van der Waals surface area contributed by atoms with E-state index in [0.717, 1.165) is 19.6 Å². The fourth-order valence-corrected chi connectivity index (χ4v) is 2.24. The van der Waals surface area contributed by atoms with E-state index in [0.29, 0.717) is 19.2 Å². The number of nitrogens with one attached hydrogen (secondary N) is 1. The van der Waals surface area contributed by atoms with E-state index in [1.807, 2.05) is 20.8 Å². The Labute approximate surface area is 116 Å². The summed E-state index contributed by atoms with van der Waals surface area (Å²) in [5.41, 5.74) is -0.421. The van der Waals surface area contributed by atoms with Gasteiger partial charge >= 0.3 is 5.97 Å². The number of rotatable bonds is 7. The molecule has 1 heterocycles. The fourth-order valence-electron chi connectivity index (χ4n) is 2.24. The second-order valence-electron chi connectivity index (χ2n) is 6.11. The Hall–Kier alpha value is -0.650. The van der Waals surface area contributed by atoms with Crippen LogP contribution < -0.4 is 5.32 Å². The standard InChI is InChI=1S/C14H28N2O3/c1-14(2,3)19-13(17)11-16(8-9-18-4)10-12-6-5-7-15-12/h12,15H,5-11H2,1-4H3. The average Bonchev–Trinajstić information content (AvgIpc) is 2.75. The number of carbonyl (C=O) groups is 1. The van der Waals surface area contributed by atoms with E-state index in [2.05, 4.69) is 10.2 Å². The van der Waals surface area contributed by atoms with Crippen LogP contribution in [-0.2, 0) is 14.3 Å². The predicted octanol–water partition coefficient (Wildman–Crippen LogP) is 1.03. The third-order valence-electron chi connectivity index (χ3n) is 3.03. The van der Waals surface area contributed by atoms with Gasteiger partial charge in [-0.3, -0.25) is 9.69 Å². The van der Waals surface area contributed by atoms with Crippen LogP contribution in [0, 0.1) is 0 Å². The van der Waals surface area contributed by atoms with Crippen molar-refractivity contribution in [2.45, 2.75) is 45.3 Å². The summed E-state index contributed by atoms with van der Waals surface area (Å²) in [7, 11) is 1.68. The highest BCUT2D eigenvalue weighted by atomic mass is 16.6. The van der Waals surface area contributed by atoms with E-state index in [1.165, 1.54) is 12.8 Å². The molecule has 1 aliphatic heterocycles. The number of esters is 1. The highest BCUT2D eigenvalue weighted by molar-refractivity contribution is 5.72. The van der Waals surface area contributed by atoms with E-state index < -0.39 is 5.60 Å². The molecule has 0 aromatic heterocycles. The lowest BCUT2D eigenvalue weighted by Crippen LogP contribution is -2.43. The Morgan fingerprint density at radius 3 is 2.68 bits per heavy atom. The van der Waals surface area contributed by atoms with Crippen molar-refractivity contribution in [3.63, 3.8) is 0 Å². The van der Waals surface area contributed by atoms with Gasteiger partial charge in [-0.25, -0.2) is 0 Å². The zero-order valence-corrected chi connectivity index (χ0v) is 12.7. The van der Waals surface area contributed by atoms with Crippen LogP contribution in [-0.4, -0.2) is 62.4 Å². The second-order valence-corrected chi connectivity index (χ2v) is 6.11. The maximum atomic E-state index is 11.9.